The Morgan fingerprint density at radius 3 is 1.15 bits per heavy atom. The van der Waals surface area contributed by atoms with Crippen molar-refractivity contribution in [3.05, 3.63) is 0 Å². The Morgan fingerprint density at radius 1 is 0.569 bits per heavy atom. The molecule has 3 fully saturated rings. The number of nitrogens with one attached hydrogen (secondary N) is 3. The van der Waals surface area contributed by atoms with Crippen LogP contribution in [0, 0.1) is 0 Å². The Bertz CT molecular complexity index is 1610. The van der Waals surface area contributed by atoms with Crippen LogP contribution in [-0.2, 0) is 52.5 Å². The Hall–Kier alpha value is -0.820. The molecule has 0 radical (unpaired) electrons. The molecule has 3 saturated heterocycles. The van der Waals surface area contributed by atoms with Crippen LogP contribution in [-0.4, -0.2) is 220 Å². The molecular formula is C34H54N3Na3O25. The van der Waals surface area contributed by atoms with Crippen molar-refractivity contribution in [1.82, 2.24) is 16.0 Å². The van der Waals surface area contributed by atoms with Gasteiger partial charge in [-0.3, -0.25) is 14.4 Å². The molecule has 0 aromatic heterocycles. The Balaban J connectivity index is 0. The predicted molar refractivity (Wildman–Crippen MR) is 186 cm³/mol. The first-order valence-corrected chi connectivity index (χ1v) is 18.4. The fourth-order valence-corrected chi connectivity index (χ4v) is 7.30. The number of aliphatic hydroxyl groups excluding tert-OH is 10. The number of carboxylic acid groups (broad SMARTS) is 3. The normalized spacial score (nSPS) is 34.9. The van der Waals surface area contributed by atoms with E-state index in [2.05, 4.69) is 16.0 Å². The van der Waals surface area contributed by atoms with Gasteiger partial charge in [0.15, 0.2) is 0 Å². The van der Waals surface area contributed by atoms with E-state index in [0.29, 0.717) is 0 Å². The molecule has 0 saturated carbocycles. The molecule has 0 spiro atoms. The maximum absolute atomic E-state index is 12.9. The molecule has 65 heavy (non-hydrogen) atoms. The van der Waals surface area contributed by atoms with Crippen LogP contribution >= 0.6 is 0 Å². The van der Waals surface area contributed by atoms with Gasteiger partial charge < -0.3 is 126 Å². The monoisotopic (exact) mass is 973 g/mol. The fourth-order valence-electron chi connectivity index (χ4n) is 7.30. The molecule has 0 bridgehead atoms. The third-order valence-electron chi connectivity index (χ3n) is 10.2. The molecule has 3 aliphatic rings. The summed E-state index contributed by atoms with van der Waals surface area (Å²) in [5.41, 5.74) is 0. The molecule has 0 aliphatic carbocycles. The Kier molecular flexibility index (Phi) is 28.1. The van der Waals surface area contributed by atoms with Gasteiger partial charge >= 0.3 is 88.7 Å². The van der Waals surface area contributed by atoms with E-state index in [4.69, 9.17) is 23.7 Å². The van der Waals surface area contributed by atoms with E-state index in [0.717, 1.165) is 20.8 Å². The average molecular weight is 974 g/mol. The van der Waals surface area contributed by atoms with Gasteiger partial charge in [-0.15, -0.1) is 0 Å². The van der Waals surface area contributed by atoms with E-state index >= 15 is 0 Å². The molecule has 28 nitrogen and oxygen atoms in total. The van der Waals surface area contributed by atoms with E-state index in [9.17, 15) is 100 Å². The van der Waals surface area contributed by atoms with Gasteiger partial charge in [0.2, 0.25) is 35.1 Å². The van der Waals surface area contributed by atoms with Gasteiger partial charge in [0.25, 0.3) is 0 Å². The van der Waals surface area contributed by atoms with Gasteiger partial charge in [-0.05, 0) is 0 Å². The van der Waals surface area contributed by atoms with Crippen molar-refractivity contribution < 1.29 is 213 Å². The number of rotatable bonds is 19. The van der Waals surface area contributed by atoms with Gasteiger partial charge in [-0.2, -0.15) is 0 Å². The minimum atomic E-state index is -3.49. The summed E-state index contributed by atoms with van der Waals surface area (Å²) in [7, 11) is 0. The summed E-state index contributed by atoms with van der Waals surface area (Å²) < 4.78 is 26.9. The fraction of sp³-hybridized carbons (Fsp3) is 0.824. The number of aliphatic hydroxyl groups is 11. The van der Waals surface area contributed by atoms with Crippen molar-refractivity contribution in [1.29, 1.82) is 0 Å². The second kappa shape index (κ2) is 27.5. The van der Waals surface area contributed by atoms with Gasteiger partial charge in [0.05, 0.1) is 56.3 Å². The number of ether oxygens (including phenoxy) is 5. The number of aliphatic carboxylic acids is 3. The summed E-state index contributed by atoms with van der Waals surface area (Å²) in [6.45, 7) is -1.39. The standard InChI is InChI=1S/C33H53N3O25.CH4.3Na/c1-10(40)34-19-13(43)4-31(56,28(50)51)59-26(19)23(48)17(8-38)57-33(30(54)55)6-15(45)21(36-12(3)42)27(61-33)24(49)18(9-39)58-32(29(52)53)5-14(44)20(35-11(2)41)25(60-32)22(47)16(46)7-37;;;;/h13-27,37-39,43-49,56H,4-9H2,1-3H3,(H,34,40)(H,35,41)(H,36,42)(H,50,51)(H,52,53)(H,54,55);1H4;;;/q;;3*+1/p-3. The predicted octanol–water partition coefficient (Wildman–Crippen LogP) is -21.9. The second-order valence-corrected chi connectivity index (χ2v) is 14.8. The van der Waals surface area contributed by atoms with Crippen LogP contribution in [0.1, 0.15) is 47.5 Å². The maximum Gasteiger partial charge on any atom is 1.00 e. The van der Waals surface area contributed by atoms with E-state index in [1.54, 1.807) is 0 Å². The summed E-state index contributed by atoms with van der Waals surface area (Å²) in [6.07, 6.45) is -31.4. The second-order valence-electron chi connectivity index (χ2n) is 14.8. The summed E-state index contributed by atoms with van der Waals surface area (Å²) in [4.78, 5) is 73.3. The molecule has 3 rings (SSSR count). The Morgan fingerprint density at radius 2 is 0.877 bits per heavy atom. The molecular weight excluding hydrogens is 919 g/mol. The molecule has 18 atom stereocenters. The van der Waals surface area contributed by atoms with Crippen LogP contribution in [0.15, 0.2) is 0 Å². The number of amides is 3. The van der Waals surface area contributed by atoms with Crippen molar-refractivity contribution >= 4 is 35.6 Å². The van der Waals surface area contributed by atoms with Crippen molar-refractivity contribution in [2.75, 3.05) is 19.8 Å². The van der Waals surface area contributed by atoms with E-state index in [-0.39, 0.29) is 96.1 Å². The summed E-state index contributed by atoms with van der Waals surface area (Å²) >= 11 is 0. The number of hydrogen-bond acceptors (Lipinski definition) is 25. The van der Waals surface area contributed by atoms with Crippen molar-refractivity contribution in [3.8, 4) is 0 Å². The van der Waals surface area contributed by atoms with Crippen LogP contribution in [0.25, 0.3) is 0 Å². The molecule has 358 valence electrons. The van der Waals surface area contributed by atoms with Gasteiger partial charge in [0, 0.05) is 40.0 Å². The number of hydrogen-bond donors (Lipinski definition) is 14. The van der Waals surface area contributed by atoms with Crippen LogP contribution in [0.3, 0.4) is 0 Å². The molecule has 18 unspecified atom stereocenters. The molecule has 0 aromatic rings. The number of carboxylic acids is 3. The summed E-state index contributed by atoms with van der Waals surface area (Å²) in [5, 5.41) is 161. The minimum Gasteiger partial charge on any atom is -0.544 e. The molecule has 3 amide bonds. The quantitative estimate of drug-likeness (QED) is 0.0535. The van der Waals surface area contributed by atoms with Crippen LogP contribution in [0.2, 0.25) is 0 Å². The third-order valence-corrected chi connectivity index (χ3v) is 10.2. The van der Waals surface area contributed by atoms with Gasteiger partial charge in [-0.1, -0.05) is 7.43 Å². The van der Waals surface area contributed by atoms with Crippen molar-refractivity contribution in [2.24, 2.45) is 0 Å². The minimum absolute atomic E-state index is 0. The molecule has 31 heteroatoms. The van der Waals surface area contributed by atoms with E-state index in [1.165, 1.54) is 0 Å². The zero-order chi connectivity index (χ0) is 46.5. The van der Waals surface area contributed by atoms with Crippen molar-refractivity contribution in [2.45, 2.75) is 156 Å². The van der Waals surface area contributed by atoms with Crippen LogP contribution in [0.4, 0.5) is 0 Å². The van der Waals surface area contributed by atoms with Crippen LogP contribution < -0.4 is 120 Å². The molecule has 0 aromatic carbocycles. The smallest absolute Gasteiger partial charge is 0.544 e. The number of carbonyl (C=O) groups is 6. The SMILES string of the molecule is C.CC(=O)NC1C(O)CC(OC(CO)C(O)C2OC(OC(CO)C(O)C3OC(O)(C(=O)[O-])CC(O)C3NC(C)=O)(C(=O)[O-])CC(O)C2NC(C)=O)(C(=O)[O-])OC1C(O)C(O)CO.[Na+].[Na+].[Na+]. The first kappa shape index (κ1) is 66.3. The molecule has 3 heterocycles. The number of carbonyl (C=O) groups excluding carboxylic acids is 6. The third kappa shape index (κ3) is 15.6. The summed E-state index contributed by atoms with van der Waals surface area (Å²) in [5.74, 6) is -20.1. The topological polar surface area (TPSA) is 476 Å². The summed E-state index contributed by atoms with van der Waals surface area (Å²) in [6, 6.07) is -5.47. The zero-order valence-corrected chi connectivity index (χ0v) is 41.5. The first-order valence-electron chi connectivity index (χ1n) is 18.4. The Labute approximate surface area is 436 Å². The molecule has 3 aliphatic heterocycles. The van der Waals surface area contributed by atoms with Crippen molar-refractivity contribution in [3.63, 3.8) is 0 Å². The average Bonchev–Trinajstić information content (AvgIpc) is 3.17. The zero-order valence-electron chi connectivity index (χ0n) is 35.5. The molecule has 14 N–H and O–H groups in total. The first-order chi connectivity index (χ1) is 28.2. The van der Waals surface area contributed by atoms with Gasteiger partial charge in [-0.25, -0.2) is 0 Å². The van der Waals surface area contributed by atoms with Gasteiger partial charge in [0.1, 0.15) is 72.8 Å². The van der Waals surface area contributed by atoms with E-state index in [1.807, 2.05) is 0 Å². The maximum atomic E-state index is 12.9. The van der Waals surface area contributed by atoms with Crippen LogP contribution in [0.5, 0.6) is 0 Å². The van der Waals surface area contributed by atoms with E-state index < -0.39 is 183 Å². The largest absolute Gasteiger partial charge is 1.00 e.